The molecule has 1 aliphatic carbocycles. The van der Waals surface area contributed by atoms with Crippen LogP contribution in [0.5, 0.6) is 0 Å². The number of fused-ring (bicyclic) bond motifs is 5. The molecule has 1 heterocycles. The third-order valence-corrected chi connectivity index (χ3v) is 4.95. The van der Waals surface area contributed by atoms with E-state index in [1.807, 2.05) is 0 Å². The fourth-order valence-corrected chi connectivity index (χ4v) is 3.82. The highest BCUT2D eigenvalue weighted by atomic mass is 16.3. The predicted molar refractivity (Wildman–Crippen MR) is 89.0 cm³/mol. The molecule has 1 aliphatic rings. The van der Waals surface area contributed by atoms with Crippen molar-refractivity contribution in [3.63, 3.8) is 0 Å². The van der Waals surface area contributed by atoms with Crippen molar-refractivity contribution in [2.24, 2.45) is 0 Å². The molecule has 0 bridgehead atoms. The SMILES string of the molecule is Cc1cccc2oc3c4c(ccc3c12)CCCCCCC4. The van der Waals surface area contributed by atoms with Gasteiger partial charge in [-0.3, -0.25) is 0 Å². The summed E-state index contributed by atoms with van der Waals surface area (Å²) in [5, 5.41) is 2.61. The van der Waals surface area contributed by atoms with Crippen LogP contribution in [-0.2, 0) is 12.8 Å². The summed E-state index contributed by atoms with van der Waals surface area (Å²) in [6.07, 6.45) is 9.11. The number of furan rings is 1. The zero-order valence-corrected chi connectivity index (χ0v) is 12.7. The normalized spacial score (nSPS) is 16.4. The van der Waals surface area contributed by atoms with Crippen LogP contribution < -0.4 is 0 Å². The minimum absolute atomic E-state index is 1.04. The second kappa shape index (κ2) is 5.22. The molecule has 0 fully saturated rings. The monoisotopic (exact) mass is 278 g/mol. The molecule has 0 saturated carbocycles. The molecular formula is C20H22O. The average molecular weight is 278 g/mol. The van der Waals surface area contributed by atoms with Crippen molar-refractivity contribution in [3.8, 4) is 0 Å². The van der Waals surface area contributed by atoms with Gasteiger partial charge in [-0.25, -0.2) is 0 Å². The Bertz CT molecular complexity index is 794. The fraction of sp³-hybridized carbons (Fsp3) is 0.400. The van der Waals surface area contributed by atoms with E-state index in [1.54, 1.807) is 0 Å². The number of hydrogen-bond acceptors (Lipinski definition) is 1. The first kappa shape index (κ1) is 12.9. The number of benzene rings is 2. The lowest BCUT2D eigenvalue weighted by Crippen LogP contribution is -1.94. The summed E-state index contributed by atoms with van der Waals surface area (Å²) in [7, 11) is 0. The standard InChI is InChI=1S/C20H22O/c1-14-8-7-11-18-19(14)17-13-12-15-9-5-3-2-4-6-10-16(15)20(17)21-18/h7-8,11-13H,2-6,9-10H2,1H3. The van der Waals surface area contributed by atoms with Crippen LogP contribution in [0.1, 0.15) is 48.8 Å². The van der Waals surface area contributed by atoms with Crippen molar-refractivity contribution in [2.45, 2.75) is 51.9 Å². The Labute approximate surface area is 126 Å². The molecule has 2 aromatic carbocycles. The van der Waals surface area contributed by atoms with Crippen molar-refractivity contribution < 1.29 is 4.42 Å². The van der Waals surface area contributed by atoms with Gasteiger partial charge >= 0.3 is 0 Å². The molecule has 0 spiro atoms. The van der Waals surface area contributed by atoms with Crippen molar-refractivity contribution in [1.82, 2.24) is 0 Å². The van der Waals surface area contributed by atoms with E-state index in [2.05, 4.69) is 37.3 Å². The smallest absolute Gasteiger partial charge is 0.138 e. The Morgan fingerprint density at radius 3 is 2.57 bits per heavy atom. The predicted octanol–water partition coefficient (Wildman–Crippen LogP) is 5.94. The van der Waals surface area contributed by atoms with Crippen LogP contribution in [0.15, 0.2) is 34.7 Å². The van der Waals surface area contributed by atoms with Gasteiger partial charge in [0.05, 0.1) is 0 Å². The molecule has 0 N–H and O–H groups in total. The van der Waals surface area contributed by atoms with Gasteiger partial charge < -0.3 is 4.42 Å². The molecular weight excluding hydrogens is 256 g/mol. The zero-order chi connectivity index (χ0) is 14.2. The highest BCUT2D eigenvalue weighted by Gasteiger charge is 2.16. The van der Waals surface area contributed by atoms with Gasteiger partial charge in [0, 0.05) is 10.8 Å². The largest absolute Gasteiger partial charge is 0.456 e. The van der Waals surface area contributed by atoms with Gasteiger partial charge in [-0.05, 0) is 55.4 Å². The molecule has 21 heavy (non-hydrogen) atoms. The van der Waals surface area contributed by atoms with Crippen LogP contribution >= 0.6 is 0 Å². The third-order valence-electron chi connectivity index (χ3n) is 4.95. The molecule has 108 valence electrons. The van der Waals surface area contributed by atoms with E-state index in [0.717, 1.165) is 11.2 Å². The number of hydrogen-bond donors (Lipinski definition) is 0. The minimum Gasteiger partial charge on any atom is -0.456 e. The summed E-state index contributed by atoms with van der Waals surface area (Å²) >= 11 is 0. The first-order chi connectivity index (χ1) is 10.3. The highest BCUT2D eigenvalue weighted by Crippen LogP contribution is 2.36. The summed E-state index contributed by atoms with van der Waals surface area (Å²) in [6.45, 7) is 2.18. The Morgan fingerprint density at radius 1 is 0.857 bits per heavy atom. The van der Waals surface area contributed by atoms with Crippen LogP contribution in [0.2, 0.25) is 0 Å². The third kappa shape index (κ3) is 2.16. The second-order valence-corrected chi connectivity index (χ2v) is 6.40. The van der Waals surface area contributed by atoms with Gasteiger partial charge in [0.1, 0.15) is 11.2 Å². The van der Waals surface area contributed by atoms with Crippen molar-refractivity contribution in [1.29, 1.82) is 0 Å². The van der Waals surface area contributed by atoms with Gasteiger partial charge in [0.25, 0.3) is 0 Å². The Balaban J connectivity index is 1.99. The summed E-state index contributed by atoms with van der Waals surface area (Å²) in [4.78, 5) is 0. The van der Waals surface area contributed by atoms with Crippen molar-refractivity contribution in [3.05, 3.63) is 47.0 Å². The molecule has 0 unspecified atom stereocenters. The van der Waals surface area contributed by atoms with Gasteiger partial charge in [-0.15, -0.1) is 0 Å². The molecule has 1 nitrogen and oxygen atoms in total. The first-order valence-corrected chi connectivity index (χ1v) is 8.27. The van der Waals surface area contributed by atoms with E-state index in [9.17, 15) is 0 Å². The van der Waals surface area contributed by atoms with Crippen LogP contribution in [0.4, 0.5) is 0 Å². The molecule has 0 atom stereocenters. The van der Waals surface area contributed by atoms with E-state index >= 15 is 0 Å². The maximum absolute atomic E-state index is 6.27. The molecule has 0 amide bonds. The average Bonchev–Trinajstić information content (AvgIpc) is 2.90. The van der Waals surface area contributed by atoms with Gasteiger partial charge in [0.2, 0.25) is 0 Å². The lowest BCUT2D eigenvalue weighted by Gasteiger charge is -2.08. The van der Waals surface area contributed by atoms with E-state index in [-0.39, 0.29) is 0 Å². The second-order valence-electron chi connectivity index (χ2n) is 6.40. The Morgan fingerprint density at radius 2 is 1.67 bits per heavy atom. The molecule has 3 aromatic rings. The quantitative estimate of drug-likeness (QED) is 0.495. The van der Waals surface area contributed by atoms with Crippen LogP contribution in [0.3, 0.4) is 0 Å². The van der Waals surface area contributed by atoms with Crippen molar-refractivity contribution >= 4 is 21.9 Å². The van der Waals surface area contributed by atoms with E-state index < -0.39 is 0 Å². The molecule has 1 heteroatoms. The lowest BCUT2D eigenvalue weighted by molar-refractivity contribution is 0.626. The summed E-state index contributed by atoms with van der Waals surface area (Å²) in [5.74, 6) is 0. The fourth-order valence-electron chi connectivity index (χ4n) is 3.82. The Hall–Kier alpha value is -1.76. The van der Waals surface area contributed by atoms with Crippen LogP contribution in [0.25, 0.3) is 21.9 Å². The molecule has 4 rings (SSSR count). The topological polar surface area (TPSA) is 13.1 Å². The van der Waals surface area contributed by atoms with E-state index in [1.165, 1.54) is 72.4 Å². The number of aryl methyl sites for hydroxylation is 3. The maximum atomic E-state index is 6.27. The van der Waals surface area contributed by atoms with Crippen LogP contribution in [0, 0.1) is 6.92 Å². The van der Waals surface area contributed by atoms with Gasteiger partial charge in [0.15, 0.2) is 0 Å². The van der Waals surface area contributed by atoms with E-state index in [4.69, 9.17) is 4.42 Å². The van der Waals surface area contributed by atoms with E-state index in [0.29, 0.717) is 0 Å². The lowest BCUT2D eigenvalue weighted by atomic mass is 9.96. The molecule has 0 saturated heterocycles. The van der Waals surface area contributed by atoms with Crippen LogP contribution in [-0.4, -0.2) is 0 Å². The molecule has 0 aliphatic heterocycles. The zero-order valence-electron chi connectivity index (χ0n) is 12.7. The number of rotatable bonds is 0. The van der Waals surface area contributed by atoms with Gasteiger partial charge in [-0.2, -0.15) is 0 Å². The van der Waals surface area contributed by atoms with Crippen molar-refractivity contribution in [2.75, 3.05) is 0 Å². The molecule has 1 aromatic heterocycles. The minimum atomic E-state index is 1.04. The summed E-state index contributed by atoms with van der Waals surface area (Å²) in [5.41, 5.74) is 6.50. The maximum Gasteiger partial charge on any atom is 0.138 e. The molecule has 0 radical (unpaired) electrons. The Kier molecular flexibility index (Phi) is 3.21. The first-order valence-electron chi connectivity index (χ1n) is 8.27. The highest BCUT2D eigenvalue weighted by molar-refractivity contribution is 6.07. The van der Waals surface area contributed by atoms with Gasteiger partial charge in [-0.1, -0.05) is 43.5 Å². The summed E-state index contributed by atoms with van der Waals surface area (Å²) < 4.78 is 6.27. The summed E-state index contributed by atoms with van der Waals surface area (Å²) in [6, 6.07) is 11.0.